The van der Waals surface area contributed by atoms with Gasteiger partial charge in [-0.3, -0.25) is 5.41 Å². The number of aromatic amines is 1. The van der Waals surface area contributed by atoms with Crippen molar-refractivity contribution in [1.82, 2.24) is 9.97 Å². The van der Waals surface area contributed by atoms with E-state index in [1.54, 1.807) is 11.3 Å². The quantitative estimate of drug-likeness (QED) is 0.390. The van der Waals surface area contributed by atoms with Crippen molar-refractivity contribution >= 4 is 28.2 Å². The Bertz CT molecular complexity index is 998. The minimum atomic E-state index is 0.0607. The van der Waals surface area contributed by atoms with Crippen LogP contribution in [-0.2, 0) is 0 Å². The zero-order chi connectivity index (χ0) is 15.8. The van der Waals surface area contributed by atoms with Gasteiger partial charge in [-0.05, 0) is 35.9 Å². The number of hydrogen-bond acceptors (Lipinski definition) is 3. The Balaban J connectivity index is 1.75. The van der Waals surface area contributed by atoms with Crippen molar-refractivity contribution in [3.63, 3.8) is 0 Å². The van der Waals surface area contributed by atoms with E-state index in [1.165, 1.54) is 10.4 Å². The molecule has 112 valence electrons. The average Bonchev–Trinajstić information content (AvgIpc) is 3.21. The number of nitrogen functional groups attached to an aromatic ring is 1. The molecule has 0 fully saturated rings. The lowest BCUT2D eigenvalue weighted by Gasteiger charge is -1.96. The van der Waals surface area contributed by atoms with Crippen molar-refractivity contribution in [2.24, 2.45) is 5.73 Å². The maximum atomic E-state index is 7.53. The number of fused-ring (bicyclic) bond motifs is 1. The number of thiophene rings is 1. The topological polar surface area (TPSA) is 78.6 Å². The molecule has 2 heterocycles. The van der Waals surface area contributed by atoms with Crippen LogP contribution < -0.4 is 5.73 Å². The molecule has 5 heteroatoms. The van der Waals surface area contributed by atoms with Gasteiger partial charge in [-0.2, -0.15) is 0 Å². The van der Waals surface area contributed by atoms with E-state index in [-0.39, 0.29) is 5.84 Å². The van der Waals surface area contributed by atoms with E-state index in [9.17, 15) is 0 Å². The molecular formula is C18H14N4S. The molecule has 23 heavy (non-hydrogen) atoms. The van der Waals surface area contributed by atoms with Crippen molar-refractivity contribution in [3.8, 4) is 21.1 Å². The minimum absolute atomic E-state index is 0.0607. The summed E-state index contributed by atoms with van der Waals surface area (Å²) in [6.45, 7) is 0. The second-order valence-corrected chi connectivity index (χ2v) is 6.34. The van der Waals surface area contributed by atoms with E-state index in [4.69, 9.17) is 11.1 Å². The van der Waals surface area contributed by atoms with Gasteiger partial charge >= 0.3 is 0 Å². The number of nitrogens with one attached hydrogen (secondary N) is 2. The predicted molar refractivity (Wildman–Crippen MR) is 95.9 cm³/mol. The van der Waals surface area contributed by atoms with Crippen molar-refractivity contribution in [2.75, 3.05) is 0 Å². The van der Waals surface area contributed by atoms with E-state index in [0.29, 0.717) is 5.56 Å². The van der Waals surface area contributed by atoms with E-state index >= 15 is 0 Å². The van der Waals surface area contributed by atoms with Crippen LogP contribution in [0.3, 0.4) is 0 Å². The van der Waals surface area contributed by atoms with Crippen LogP contribution in [-0.4, -0.2) is 15.8 Å². The highest BCUT2D eigenvalue weighted by molar-refractivity contribution is 7.18. The van der Waals surface area contributed by atoms with Crippen LogP contribution in [0, 0.1) is 5.41 Å². The number of amidine groups is 1. The Morgan fingerprint density at radius 1 is 1.00 bits per heavy atom. The third-order valence-corrected chi connectivity index (χ3v) is 4.83. The number of rotatable bonds is 3. The minimum Gasteiger partial charge on any atom is -0.384 e. The molecule has 4 N–H and O–H groups in total. The Morgan fingerprint density at radius 2 is 1.78 bits per heavy atom. The molecule has 2 aromatic carbocycles. The first-order valence-electron chi connectivity index (χ1n) is 7.20. The molecule has 2 aromatic heterocycles. The van der Waals surface area contributed by atoms with Gasteiger partial charge in [0.05, 0.1) is 15.9 Å². The number of hydrogen-bond donors (Lipinski definition) is 3. The zero-order valence-electron chi connectivity index (χ0n) is 12.2. The van der Waals surface area contributed by atoms with E-state index in [0.717, 1.165) is 21.7 Å². The first-order valence-corrected chi connectivity index (χ1v) is 8.02. The highest BCUT2D eigenvalue weighted by Crippen LogP contribution is 2.33. The summed E-state index contributed by atoms with van der Waals surface area (Å²) in [4.78, 5) is 10.3. The monoisotopic (exact) mass is 318 g/mol. The maximum Gasteiger partial charge on any atom is 0.148 e. The lowest BCUT2D eigenvalue weighted by molar-refractivity contribution is 1.36. The summed E-state index contributed by atoms with van der Waals surface area (Å²) in [5.41, 5.74) is 9.21. The lowest BCUT2D eigenvalue weighted by atomic mass is 10.2. The number of benzene rings is 2. The molecular weight excluding hydrogens is 304 g/mol. The Hall–Kier alpha value is -2.92. The predicted octanol–water partition coefficient (Wildman–Crippen LogP) is 4.24. The zero-order valence-corrected chi connectivity index (χ0v) is 13.0. The largest absolute Gasteiger partial charge is 0.384 e. The van der Waals surface area contributed by atoms with Gasteiger partial charge in [-0.15, -0.1) is 11.3 Å². The Kier molecular flexibility index (Phi) is 3.20. The fraction of sp³-hybridized carbons (Fsp3) is 0. The third kappa shape index (κ3) is 2.51. The van der Waals surface area contributed by atoms with E-state index in [1.807, 2.05) is 36.4 Å². The molecule has 4 aromatic rings. The molecule has 0 amide bonds. The van der Waals surface area contributed by atoms with E-state index < -0.39 is 0 Å². The second-order valence-electron chi connectivity index (χ2n) is 5.26. The van der Waals surface area contributed by atoms with Crippen LogP contribution >= 0.6 is 11.3 Å². The fourth-order valence-electron chi connectivity index (χ4n) is 2.52. The summed E-state index contributed by atoms with van der Waals surface area (Å²) >= 11 is 1.70. The van der Waals surface area contributed by atoms with Crippen LogP contribution in [0.25, 0.3) is 32.2 Å². The molecule has 0 unspecified atom stereocenters. The summed E-state index contributed by atoms with van der Waals surface area (Å²) in [5.74, 6) is 0.901. The first-order chi connectivity index (χ1) is 11.2. The van der Waals surface area contributed by atoms with Crippen LogP contribution in [0.4, 0.5) is 0 Å². The van der Waals surface area contributed by atoms with Crippen LogP contribution in [0.2, 0.25) is 0 Å². The van der Waals surface area contributed by atoms with E-state index in [2.05, 4.69) is 34.2 Å². The van der Waals surface area contributed by atoms with Crippen LogP contribution in [0.1, 0.15) is 5.56 Å². The molecule has 0 atom stereocenters. The van der Waals surface area contributed by atoms with Crippen molar-refractivity contribution in [2.45, 2.75) is 0 Å². The van der Waals surface area contributed by atoms with Crippen LogP contribution in [0.5, 0.6) is 0 Å². The molecule has 0 radical (unpaired) electrons. The number of nitrogens with zero attached hydrogens (tertiary/aromatic N) is 1. The normalized spacial score (nSPS) is 11.0. The van der Waals surface area contributed by atoms with Gasteiger partial charge in [0.1, 0.15) is 11.7 Å². The van der Waals surface area contributed by atoms with Crippen LogP contribution in [0.15, 0.2) is 60.7 Å². The van der Waals surface area contributed by atoms with Gasteiger partial charge in [0.2, 0.25) is 0 Å². The Labute approximate surface area is 137 Å². The number of imidazole rings is 1. The molecule has 0 aliphatic rings. The number of nitrogens with two attached hydrogens (primary N) is 1. The third-order valence-electron chi connectivity index (χ3n) is 3.69. The van der Waals surface area contributed by atoms with Crippen molar-refractivity contribution < 1.29 is 0 Å². The molecule has 4 rings (SSSR count). The van der Waals surface area contributed by atoms with Gasteiger partial charge < -0.3 is 10.7 Å². The molecule has 0 spiro atoms. The highest BCUT2D eigenvalue weighted by Gasteiger charge is 2.10. The SMILES string of the molecule is N=C(N)c1ccc2nc(-c3ccc(-c4ccccc4)s3)[nH]c2c1. The molecule has 0 saturated heterocycles. The summed E-state index contributed by atoms with van der Waals surface area (Å²) < 4.78 is 0. The first kappa shape index (κ1) is 13.7. The summed E-state index contributed by atoms with van der Waals surface area (Å²) in [6, 6.07) is 20.1. The average molecular weight is 318 g/mol. The van der Waals surface area contributed by atoms with Gasteiger partial charge in [-0.1, -0.05) is 30.3 Å². The molecule has 0 aliphatic heterocycles. The molecule has 4 nitrogen and oxygen atoms in total. The highest BCUT2D eigenvalue weighted by atomic mass is 32.1. The van der Waals surface area contributed by atoms with Crippen molar-refractivity contribution in [3.05, 3.63) is 66.2 Å². The smallest absolute Gasteiger partial charge is 0.148 e. The molecule has 0 bridgehead atoms. The summed E-state index contributed by atoms with van der Waals surface area (Å²) in [5, 5.41) is 7.53. The van der Waals surface area contributed by atoms with Crippen molar-refractivity contribution in [1.29, 1.82) is 5.41 Å². The van der Waals surface area contributed by atoms with Gasteiger partial charge in [0.25, 0.3) is 0 Å². The lowest BCUT2D eigenvalue weighted by Crippen LogP contribution is -2.10. The summed E-state index contributed by atoms with van der Waals surface area (Å²) in [7, 11) is 0. The fourth-order valence-corrected chi connectivity index (χ4v) is 3.47. The number of H-pyrrole nitrogens is 1. The van der Waals surface area contributed by atoms with Gasteiger partial charge in [-0.25, -0.2) is 4.98 Å². The van der Waals surface area contributed by atoms with Gasteiger partial charge in [0.15, 0.2) is 0 Å². The second kappa shape index (κ2) is 5.37. The number of aromatic nitrogens is 2. The standard InChI is InChI=1S/C18H14N4S/c19-17(20)12-6-7-13-14(10-12)22-18(21-13)16-9-8-15(23-16)11-4-2-1-3-5-11/h1-10H,(H3,19,20)(H,21,22). The summed E-state index contributed by atoms with van der Waals surface area (Å²) in [6.07, 6.45) is 0. The molecule has 0 saturated carbocycles. The maximum absolute atomic E-state index is 7.53. The Morgan fingerprint density at radius 3 is 2.57 bits per heavy atom. The van der Waals surface area contributed by atoms with Gasteiger partial charge in [0, 0.05) is 10.4 Å². The molecule has 0 aliphatic carbocycles.